The van der Waals surface area contributed by atoms with Crippen molar-refractivity contribution in [3.05, 3.63) is 82.9 Å². The molecule has 0 aliphatic heterocycles. The molecule has 0 aromatic heterocycles. The zero-order chi connectivity index (χ0) is 23.5. The lowest BCUT2D eigenvalue weighted by Gasteiger charge is -2.13. The van der Waals surface area contributed by atoms with Crippen LogP contribution in [0.15, 0.2) is 71.6 Å². The van der Waals surface area contributed by atoms with E-state index in [2.05, 4.69) is 10.0 Å². The third kappa shape index (κ3) is 5.32. The Balaban J connectivity index is 1.77. The highest BCUT2D eigenvalue weighted by atomic mass is 35.5. The number of amides is 1. The van der Waals surface area contributed by atoms with Crippen molar-refractivity contribution in [2.45, 2.75) is 11.1 Å². The Morgan fingerprint density at radius 1 is 1.00 bits per heavy atom. The first-order valence-corrected chi connectivity index (χ1v) is 10.8. The summed E-state index contributed by atoms with van der Waals surface area (Å²) in [5.74, 6) is 0.00264. The quantitative estimate of drug-likeness (QED) is 0.489. The summed E-state index contributed by atoms with van der Waals surface area (Å²) < 4.78 is 71.4. The topological polar surface area (TPSA) is 84.5 Å². The molecule has 6 nitrogen and oxygen atoms in total. The van der Waals surface area contributed by atoms with E-state index >= 15 is 0 Å². The number of anilines is 2. The van der Waals surface area contributed by atoms with Gasteiger partial charge in [-0.1, -0.05) is 23.7 Å². The molecule has 3 aromatic rings. The van der Waals surface area contributed by atoms with Crippen LogP contribution in [0, 0.1) is 0 Å². The summed E-state index contributed by atoms with van der Waals surface area (Å²) in [4.78, 5) is 11.8. The standard InChI is InChI=1S/C21H16ClF3N2O4S/c1-31-19-5-3-2-4-18(19)26-20(28)13-6-8-14(9-7-13)27-32(29,30)15-10-11-17(22)16(12-15)21(23,24)25/h2-12,27H,1H3,(H,26,28). The fourth-order valence-electron chi connectivity index (χ4n) is 2.73. The zero-order valence-electron chi connectivity index (χ0n) is 16.4. The molecule has 3 aromatic carbocycles. The number of methoxy groups -OCH3 is 1. The van der Waals surface area contributed by atoms with Crippen LogP contribution >= 0.6 is 11.6 Å². The van der Waals surface area contributed by atoms with Crippen LogP contribution in [0.2, 0.25) is 5.02 Å². The van der Waals surface area contributed by atoms with Crippen LogP contribution in [0.4, 0.5) is 24.5 Å². The van der Waals surface area contributed by atoms with Gasteiger partial charge in [-0.05, 0) is 54.6 Å². The molecule has 0 saturated heterocycles. The molecule has 0 atom stereocenters. The number of nitrogens with one attached hydrogen (secondary N) is 2. The van der Waals surface area contributed by atoms with Gasteiger partial charge in [-0.3, -0.25) is 9.52 Å². The van der Waals surface area contributed by atoms with Gasteiger partial charge in [0.05, 0.1) is 28.3 Å². The van der Waals surface area contributed by atoms with E-state index in [1.165, 1.54) is 31.4 Å². The van der Waals surface area contributed by atoms with Crippen molar-refractivity contribution in [3.63, 3.8) is 0 Å². The molecule has 2 N–H and O–H groups in total. The third-order valence-electron chi connectivity index (χ3n) is 4.31. The van der Waals surface area contributed by atoms with E-state index in [4.69, 9.17) is 16.3 Å². The van der Waals surface area contributed by atoms with Crippen molar-refractivity contribution < 1.29 is 31.1 Å². The number of ether oxygens (including phenoxy) is 1. The summed E-state index contributed by atoms with van der Waals surface area (Å²) in [6.45, 7) is 0. The average molecular weight is 485 g/mol. The molecule has 0 radical (unpaired) electrons. The highest BCUT2D eigenvalue weighted by molar-refractivity contribution is 7.92. The smallest absolute Gasteiger partial charge is 0.417 e. The van der Waals surface area contributed by atoms with Crippen molar-refractivity contribution in [2.75, 3.05) is 17.1 Å². The highest BCUT2D eigenvalue weighted by Gasteiger charge is 2.34. The average Bonchev–Trinajstić information content (AvgIpc) is 2.73. The Kier molecular flexibility index (Phi) is 6.65. The molecule has 1 amide bonds. The lowest BCUT2D eigenvalue weighted by Crippen LogP contribution is -2.15. The van der Waals surface area contributed by atoms with E-state index in [0.717, 1.165) is 12.1 Å². The van der Waals surface area contributed by atoms with Gasteiger partial charge >= 0.3 is 6.18 Å². The fraction of sp³-hybridized carbons (Fsp3) is 0.0952. The van der Waals surface area contributed by atoms with Crippen LogP contribution in [0.5, 0.6) is 5.75 Å². The predicted molar refractivity (Wildman–Crippen MR) is 115 cm³/mol. The van der Waals surface area contributed by atoms with E-state index in [1.807, 2.05) is 0 Å². The summed E-state index contributed by atoms with van der Waals surface area (Å²) in [5, 5.41) is 2.07. The van der Waals surface area contributed by atoms with E-state index in [0.29, 0.717) is 17.5 Å². The largest absolute Gasteiger partial charge is 0.495 e. The number of halogens is 4. The lowest BCUT2D eigenvalue weighted by molar-refractivity contribution is -0.137. The van der Waals surface area contributed by atoms with E-state index in [9.17, 15) is 26.4 Å². The lowest BCUT2D eigenvalue weighted by atomic mass is 10.2. The minimum Gasteiger partial charge on any atom is -0.495 e. The maximum Gasteiger partial charge on any atom is 0.417 e. The van der Waals surface area contributed by atoms with E-state index in [1.54, 1.807) is 24.3 Å². The number of para-hydroxylation sites is 2. The molecule has 0 fully saturated rings. The van der Waals surface area contributed by atoms with Gasteiger partial charge in [0, 0.05) is 11.3 Å². The first kappa shape index (κ1) is 23.4. The molecule has 0 aliphatic rings. The Labute approximate surface area is 187 Å². The van der Waals surface area contributed by atoms with Crippen LogP contribution < -0.4 is 14.8 Å². The summed E-state index contributed by atoms with van der Waals surface area (Å²) in [7, 11) is -2.87. The number of rotatable bonds is 6. The van der Waals surface area contributed by atoms with Crippen molar-refractivity contribution >= 4 is 38.9 Å². The number of carbonyl (C=O) groups excluding carboxylic acids is 1. The molecule has 0 heterocycles. The first-order valence-electron chi connectivity index (χ1n) is 8.95. The summed E-state index contributed by atoms with van der Waals surface area (Å²) in [6.07, 6.45) is -4.81. The fourth-order valence-corrected chi connectivity index (χ4v) is 4.04. The molecule has 3 rings (SSSR count). The summed E-state index contributed by atoms with van der Waals surface area (Å²) >= 11 is 5.53. The van der Waals surface area contributed by atoms with E-state index < -0.39 is 37.6 Å². The Morgan fingerprint density at radius 2 is 1.66 bits per heavy atom. The molecule has 0 spiro atoms. The van der Waals surface area contributed by atoms with Gasteiger partial charge in [-0.2, -0.15) is 13.2 Å². The van der Waals surface area contributed by atoms with Crippen LogP contribution in [0.25, 0.3) is 0 Å². The number of hydrogen-bond acceptors (Lipinski definition) is 4. The van der Waals surface area contributed by atoms with Gasteiger partial charge in [0.15, 0.2) is 0 Å². The molecule has 0 aliphatic carbocycles. The molecular formula is C21H16ClF3N2O4S. The minimum atomic E-state index is -4.81. The highest BCUT2D eigenvalue weighted by Crippen LogP contribution is 2.36. The van der Waals surface area contributed by atoms with Gasteiger partial charge in [0.2, 0.25) is 0 Å². The number of carbonyl (C=O) groups is 1. The number of benzene rings is 3. The maximum atomic E-state index is 13.0. The van der Waals surface area contributed by atoms with E-state index in [-0.39, 0.29) is 11.3 Å². The molecule has 0 unspecified atom stereocenters. The first-order chi connectivity index (χ1) is 15.0. The molecule has 0 bridgehead atoms. The SMILES string of the molecule is COc1ccccc1NC(=O)c1ccc(NS(=O)(=O)c2ccc(Cl)c(C(F)(F)F)c2)cc1. The van der Waals surface area contributed by atoms with Crippen molar-refractivity contribution in [1.29, 1.82) is 0 Å². The third-order valence-corrected chi connectivity index (χ3v) is 6.02. The second-order valence-corrected chi connectivity index (χ2v) is 8.57. The van der Waals surface area contributed by atoms with Gasteiger partial charge in [0.25, 0.3) is 15.9 Å². The second kappa shape index (κ2) is 9.09. The maximum absolute atomic E-state index is 13.0. The molecule has 168 valence electrons. The second-order valence-electron chi connectivity index (χ2n) is 6.48. The van der Waals surface area contributed by atoms with Crippen LogP contribution in [0.3, 0.4) is 0 Å². The summed E-state index contributed by atoms with van der Waals surface area (Å²) in [5.41, 5.74) is -0.523. The van der Waals surface area contributed by atoms with Gasteiger partial charge in [-0.15, -0.1) is 0 Å². The predicted octanol–water partition coefficient (Wildman–Crippen LogP) is 5.42. The minimum absolute atomic E-state index is 0.0577. The van der Waals surface area contributed by atoms with Crippen LogP contribution in [-0.2, 0) is 16.2 Å². The molecule has 0 saturated carbocycles. The Hall–Kier alpha value is -3.24. The van der Waals surface area contributed by atoms with Crippen molar-refractivity contribution in [1.82, 2.24) is 0 Å². The Morgan fingerprint density at radius 3 is 2.28 bits per heavy atom. The van der Waals surface area contributed by atoms with Gasteiger partial charge in [-0.25, -0.2) is 8.42 Å². The monoisotopic (exact) mass is 484 g/mol. The number of hydrogen-bond donors (Lipinski definition) is 2. The van der Waals surface area contributed by atoms with Gasteiger partial charge in [0.1, 0.15) is 5.75 Å². The number of alkyl halides is 3. The Bertz CT molecular complexity index is 1250. The molecule has 32 heavy (non-hydrogen) atoms. The molecule has 11 heteroatoms. The zero-order valence-corrected chi connectivity index (χ0v) is 18.0. The molecular weight excluding hydrogens is 469 g/mol. The van der Waals surface area contributed by atoms with Gasteiger partial charge < -0.3 is 10.1 Å². The summed E-state index contributed by atoms with van der Waals surface area (Å²) in [6, 6.07) is 14.4. The van der Waals surface area contributed by atoms with Crippen molar-refractivity contribution in [2.24, 2.45) is 0 Å². The normalized spacial score (nSPS) is 11.7. The number of sulfonamides is 1. The van der Waals surface area contributed by atoms with Crippen LogP contribution in [0.1, 0.15) is 15.9 Å². The van der Waals surface area contributed by atoms with Crippen molar-refractivity contribution in [3.8, 4) is 5.75 Å². The van der Waals surface area contributed by atoms with Crippen LogP contribution in [-0.4, -0.2) is 21.4 Å².